The number of carbonyl (C=O) groups excluding carboxylic acids is 1. The molecule has 0 aromatic heterocycles. The highest BCUT2D eigenvalue weighted by Gasteiger charge is 2.66. The van der Waals surface area contributed by atoms with Gasteiger partial charge in [-0.15, -0.1) is 0 Å². The fourth-order valence-corrected chi connectivity index (χ4v) is 4.48. The highest BCUT2D eigenvalue weighted by atomic mass is 19.1. The van der Waals surface area contributed by atoms with E-state index in [4.69, 9.17) is 4.74 Å². The number of hydrogen-bond acceptors (Lipinski definition) is 2. The van der Waals surface area contributed by atoms with E-state index in [2.05, 4.69) is 11.8 Å². The summed E-state index contributed by atoms with van der Waals surface area (Å²) >= 11 is 0. The van der Waals surface area contributed by atoms with Crippen LogP contribution in [-0.2, 0) is 9.53 Å². The Morgan fingerprint density at radius 3 is 2.43 bits per heavy atom. The highest BCUT2D eigenvalue weighted by molar-refractivity contribution is 5.95. The van der Waals surface area contributed by atoms with Crippen molar-refractivity contribution >= 4 is 5.91 Å². The normalized spacial score (nSPS) is 23.6. The van der Waals surface area contributed by atoms with Crippen molar-refractivity contribution in [3.63, 3.8) is 0 Å². The molecule has 1 aliphatic carbocycles. The highest BCUT2D eigenvalue weighted by Crippen LogP contribution is 2.64. The van der Waals surface area contributed by atoms with Gasteiger partial charge in [0.25, 0.3) is 5.91 Å². The predicted molar refractivity (Wildman–Crippen MR) is 84.1 cm³/mol. The lowest BCUT2D eigenvalue weighted by atomic mass is 9.72. The van der Waals surface area contributed by atoms with Gasteiger partial charge in [0, 0.05) is 36.8 Å². The van der Waals surface area contributed by atoms with Crippen LogP contribution in [0.5, 0.6) is 0 Å². The number of nitrogens with zero attached hydrogens (tertiary/aromatic N) is 1. The number of benzene rings is 1. The molecule has 2 spiro atoms. The molecule has 2 heterocycles. The van der Waals surface area contributed by atoms with Gasteiger partial charge >= 0.3 is 0 Å². The van der Waals surface area contributed by atoms with Crippen LogP contribution in [0.1, 0.15) is 37.7 Å². The van der Waals surface area contributed by atoms with Crippen LogP contribution < -0.4 is 0 Å². The van der Waals surface area contributed by atoms with Gasteiger partial charge in [-0.25, -0.2) is 4.39 Å². The molecule has 1 amide bonds. The molecule has 3 nitrogen and oxygen atoms in total. The maximum absolute atomic E-state index is 12.9. The van der Waals surface area contributed by atoms with E-state index in [9.17, 15) is 9.18 Å². The van der Waals surface area contributed by atoms with Crippen molar-refractivity contribution in [3.05, 3.63) is 35.6 Å². The van der Waals surface area contributed by atoms with E-state index in [1.807, 2.05) is 4.90 Å². The summed E-state index contributed by atoms with van der Waals surface area (Å²) in [5.74, 6) is 5.25. The molecule has 120 valence electrons. The van der Waals surface area contributed by atoms with Crippen molar-refractivity contribution < 1.29 is 13.9 Å². The summed E-state index contributed by atoms with van der Waals surface area (Å²) in [7, 11) is 0. The molecule has 1 aromatic carbocycles. The molecular formula is C19H20FNO2. The largest absolute Gasteiger partial charge is 0.381 e. The SMILES string of the molecule is O=C(C#Cc1ccc(F)cc1)N1CCC2(CCOCC2)C12CC2. The van der Waals surface area contributed by atoms with Crippen LogP contribution in [0.15, 0.2) is 24.3 Å². The van der Waals surface area contributed by atoms with Gasteiger partial charge in [0.05, 0.1) is 0 Å². The molecule has 1 aromatic rings. The Balaban J connectivity index is 1.53. The van der Waals surface area contributed by atoms with Crippen molar-refractivity contribution in [2.75, 3.05) is 19.8 Å². The number of ether oxygens (including phenoxy) is 1. The summed E-state index contributed by atoms with van der Waals surface area (Å²) < 4.78 is 18.4. The molecule has 3 aliphatic rings. The molecule has 0 unspecified atom stereocenters. The van der Waals surface area contributed by atoms with Crippen LogP contribution >= 0.6 is 0 Å². The third-order valence-electron chi connectivity index (χ3n) is 5.89. The van der Waals surface area contributed by atoms with Crippen LogP contribution in [0.2, 0.25) is 0 Å². The number of rotatable bonds is 0. The van der Waals surface area contributed by atoms with Crippen LogP contribution in [0, 0.1) is 23.1 Å². The first kappa shape index (κ1) is 14.7. The van der Waals surface area contributed by atoms with Crippen molar-refractivity contribution in [2.24, 2.45) is 5.41 Å². The Kier molecular flexibility index (Phi) is 3.42. The van der Waals surface area contributed by atoms with E-state index in [0.29, 0.717) is 5.56 Å². The van der Waals surface area contributed by atoms with E-state index in [1.54, 1.807) is 12.1 Å². The summed E-state index contributed by atoms with van der Waals surface area (Å²) in [6.45, 7) is 2.42. The smallest absolute Gasteiger partial charge is 0.299 e. The van der Waals surface area contributed by atoms with Gasteiger partial charge < -0.3 is 9.64 Å². The van der Waals surface area contributed by atoms with Gasteiger partial charge in [-0.1, -0.05) is 5.92 Å². The molecule has 4 rings (SSSR count). The van der Waals surface area contributed by atoms with Crippen molar-refractivity contribution in [2.45, 2.75) is 37.6 Å². The third-order valence-corrected chi connectivity index (χ3v) is 5.89. The van der Waals surface area contributed by atoms with E-state index < -0.39 is 0 Å². The minimum atomic E-state index is -0.292. The molecule has 0 bridgehead atoms. The molecular weight excluding hydrogens is 293 g/mol. The molecule has 0 radical (unpaired) electrons. The van der Waals surface area contributed by atoms with Crippen LogP contribution in [0.25, 0.3) is 0 Å². The Labute approximate surface area is 135 Å². The third kappa shape index (κ3) is 2.35. The van der Waals surface area contributed by atoms with Crippen molar-refractivity contribution in [1.29, 1.82) is 0 Å². The predicted octanol–water partition coefficient (Wildman–Crippen LogP) is 2.74. The van der Waals surface area contributed by atoms with Crippen LogP contribution in [-0.4, -0.2) is 36.1 Å². The molecule has 0 atom stereocenters. The average molecular weight is 313 g/mol. The Morgan fingerprint density at radius 2 is 1.78 bits per heavy atom. The second-order valence-corrected chi connectivity index (χ2v) is 6.89. The molecule has 4 heteroatoms. The molecule has 2 aliphatic heterocycles. The zero-order valence-electron chi connectivity index (χ0n) is 13.1. The summed E-state index contributed by atoms with van der Waals surface area (Å²) in [6.07, 6.45) is 5.37. The van der Waals surface area contributed by atoms with Crippen molar-refractivity contribution in [1.82, 2.24) is 4.90 Å². The quantitative estimate of drug-likeness (QED) is 0.689. The summed E-state index contributed by atoms with van der Waals surface area (Å²) in [5.41, 5.74) is 0.952. The number of amides is 1. The number of likely N-dealkylation sites (tertiary alicyclic amines) is 1. The van der Waals surface area contributed by atoms with Gasteiger partial charge in [0.2, 0.25) is 0 Å². The first-order chi connectivity index (χ1) is 11.2. The fourth-order valence-electron chi connectivity index (χ4n) is 4.48. The average Bonchev–Trinajstić information content (AvgIpc) is 3.32. The van der Waals surface area contributed by atoms with Gasteiger partial charge in [-0.2, -0.15) is 0 Å². The zero-order chi connectivity index (χ0) is 15.9. The lowest BCUT2D eigenvalue weighted by Gasteiger charge is -2.41. The van der Waals surface area contributed by atoms with Gasteiger partial charge in [0.1, 0.15) is 5.82 Å². The first-order valence-electron chi connectivity index (χ1n) is 8.32. The van der Waals surface area contributed by atoms with Gasteiger partial charge in [-0.3, -0.25) is 4.79 Å². The Bertz CT molecular complexity index is 676. The van der Waals surface area contributed by atoms with E-state index in [1.165, 1.54) is 12.1 Å². The maximum atomic E-state index is 12.9. The van der Waals surface area contributed by atoms with Crippen molar-refractivity contribution in [3.8, 4) is 11.8 Å². The Hall–Kier alpha value is -1.86. The summed E-state index contributed by atoms with van der Waals surface area (Å²) in [4.78, 5) is 14.6. The van der Waals surface area contributed by atoms with Gasteiger partial charge in [-0.05, 0) is 61.8 Å². The van der Waals surface area contributed by atoms with Crippen LogP contribution in [0.3, 0.4) is 0 Å². The number of fused-ring (bicyclic) bond motifs is 1. The first-order valence-corrected chi connectivity index (χ1v) is 8.32. The molecule has 23 heavy (non-hydrogen) atoms. The molecule has 2 saturated heterocycles. The zero-order valence-corrected chi connectivity index (χ0v) is 13.1. The minimum Gasteiger partial charge on any atom is -0.381 e. The lowest BCUT2D eigenvalue weighted by Crippen LogP contribution is -2.47. The number of halogens is 1. The topological polar surface area (TPSA) is 29.5 Å². The number of hydrogen-bond donors (Lipinski definition) is 0. The molecule has 0 N–H and O–H groups in total. The summed E-state index contributed by atoms with van der Waals surface area (Å²) in [6, 6.07) is 5.94. The van der Waals surface area contributed by atoms with E-state index >= 15 is 0 Å². The van der Waals surface area contributed by atoms with E-state index in [-0.39, 0.29) is 22.7 Å². The molecule has 1 saturated carbocycles. The van der Waals surface area contributed by atoms with Crippen LogP contribution in [0.4, 0.5) is 4.39 Å². The monoisotopic (exact) mass is 313 g/mol. The summed E-state index contributed by atoms with van der Waals surface area (Å²) in [5, 5.41) is 0. The van der Waals surface area contributed by atoms with E-state index in [0.717, 1.165) is 51.9 Å². The maximum Gasteiger partial charge on any atom is 0.299 e. The lowest BCUT2D eigenvalue weighted by molar-refractivity contribution is -0.128. The minimum absolute atomic E-state index is 0.0331. The fraction of sp³-hybridized carbons (Fsp3) is 0.526. The second-order valence-electron chi connectivity index (χ2n) is 6.89. The number of carbonyl (C=O) groups is 1. The Morgan fingerprint density at radius 1 is 1.09 bits per heavy atom. The second kappa shape index (κ2) is 5.35. The molecule has 3 fully saturated rings. The van der Waals surface area contributed by atoms with Gasteiger partial charge in [0.15, 0.2) is 0 Å². The standard InChI is InChI=1S/C19H20FNO2/c20-16-4-1-15(2-5-16)3-6-17(22)21-12-9-18(19(21)7-8-19)10-13-23-14-11-18/h1-2,4-5H,7-14H2.